The summed E-state index contributed by atoms with van der Waals surface area (Å²) in [5, 5.41) is 18.5. The van der Waals surface area contributed by atoms with Crippen molar-refractivity contribution < 1.29 is 33.4 Å². The van der Waals surface area contributed by atoms with Crippen LogP contribution in [0.25, 0.3) is 0 Å². The Morgan fingerprint density at radius 3 is 2.42 bits per heavy atom. The van der Waals surface area contributed by atoms with Gasteiger partial charge in [-0.3, -0.25) is 4.79 Å². The molecule has 0 radical (unpaired) electrons. The van der Waals surface area contributed by atoms with Gasteiger partial charge in [0.1, 0.15) is 11.6 Å². The van der Waals surface area contributed by atoms with Crippen LogP contribution in [0.5, 0.6) is 5.75 Å². The van der Waals surface area contributed by atoms with Gasteiger partial charge in [-0.25, -0.2) is 14.0 Å². The lowest BCUT2D eigenvalue weighted by Crippen LogP contribution is -2.48. The first-order chi connectivity index (χ1) is 21.4. The van der Waals surface area contributed by atoms with Gasteiger partial charge in [0.05, 0.1) is 30.4 Å². The highest BCUT2D eigenvalue weighted by atomic mass is 19.1. The van der Waals surface area contributed by atoms with Crippen molar-refractivity contribution >= 4 is 29.3 Å². The first kappa shape index (κ1) is 35.6. The number of aliphatic hydroxyl groups is 1. The van der Waals surface area contributed by atoms with Gasteiger partial charge < -0.3 is 40.3 Å². The Morgan fingerprint density at radius 2 is 1.76 bits per heavy atom. The van der Waals surface area contributed by atoms with Gasteiger partial charge in [-0.15, -0.1) is 0 Å². The average molecular weight is 630 g/mol. The molecule has 0 aromatic heterocycles. The van der Waals surface area contributed by atoms with E-state index in [9.17, 15) is 23.9 Å². The minimum absolute atomic E-state index is 0.0707. The molecule has 248 valence electrons. The molecular formula is C33H48FN5O6. The molecule has 1 aliphatic rings. The van der Waals surface area contributed by atoms with Crippen LogP contribution in [0.4, 0.5) is 25.4 Å². The first-order valence-corrected chi connectivity index (χ1v) is 15.6. The Labute approximate surface area is 265 Å². The number of hydrogen-bond donors (Lipinski definition) is 4. The summed E-state index contributed by atoms with van der Waals surface area (Å²) in [7, 11) is 1.65. The summed E-state index contributed by atoms with van der Waals surface area (Å²) >= 11 is 0. The second-order valence-electron chi connectivity index (χ2n) is 12.1. The van der Waals surface area contributed by atoms with Gasteiger partial charge in [-0.2, -0.15) is 0 Å². The number of rotatable bonds is 7. The van der Waals surface area contributed by atoms with Crippen LogP contribution in [0, 0.1) is 11.7 Å². The molecule has 0 saturated heterocycles. The third-order valence-electron chi connectivity index (χ3n) is 7.63. The van der Waals surface area contributed by atoms with E-state index < -0.39 is 24.0 Å². The molecule has 3 rings (SSSR count). The van der Waals surface area contributed by atoms with Crippen molar-refractivity contribution in [1.82, 2.24) is 15.1 Å². The third kappa shape index (κ3) is 10.9. The standard InChI is InChI=1S/C33H48FN5O6/c1-21(2)35-32(42)36-27-14-15-29-28(17-27)31(41)39(23(4)20-40)18-22(3)30(44-16-8-7-9-24(5)45-29)19-38(6)33(43)37-26-12-10-25(34)11-13-26/h10-15,17,21-24,30,40H,7-9,16,18-20H2,1-6H3,(H,37,43)(H2,35,36,42)/t22-,23+,24+,30+/m0/s1. The fourth-order valence-corrected chi connectivity index (χ4v) is 5.00. The largest absolute Gasteiger partial charge is 0.490 e. The van der Waals surface area contributed by atoms with E-state index in [1.807, 2.05) is 27.7 Å². The first-order valence-electron chi connectivity index (χ1n) is 15.6. The Morgan fingerprint density at radius 1 is 1.07 bits per heavy atom. The SMILES string of the molecule is CC(C)NC(=O)Nc1ccc2c(c1)C(=O)N([C@H](C)CO)C[C@H](C)[C@@H](CN(C)C(=O)Nc1ccc(F)cc1)OCCCC[C@@H](C)O2. The predicted molar refractivity (Wildman–Crippen MR) is 172 cm³/mol. The lowest BCUT2D eigenvalue weighted by molar-refractivity contribution is -0.0115. The van der Waals surface area contributed by atoms with Gasteiger partial charge in [0.15, 0.2) is 0 Å². The van der Waals surface area contributed by atoms with Crippen molar-refractivity contribution in [1.29, 1.82) is 0 Å². The number of likely N-dealkylation sites (N-methyl/N-ethyl adjacent to an activating group) is 1. The molecule has 0 bridgehead atoms. The average Bonchev–Trinajstić information content (AvgIpc) is 2.99. The van der Waals surface area contributed by atoms with E-state index in [-0.39, 0.29) is 55.3 Å². The van der Waals surface area contributed by atoms with Crippen molar-refractivity contribution in [3.63, 3.8) is 0 Å². The van der Waals surface area contributed by atoms with Gasteiger partial charge in [-0.05, 0) is 89.4 Å². The molecule has 11 nitrogen and oxygen atoms in total. The molecule has 12 heteroatoms. The lowest BCUT2D eigenvalue weighted by Gasteiger charge is -2.35. The molecule has 2 aromatic rings. The van der Waals surface area contributed by atoms with Crippen LogP contribution in [0.15, 0.2) is 42.5 Å². The van der Waals surface area contributed by atoms with Crippen LogP contribution in [0.2, 0.25) is 0 Å². The molecule has 4 N–H and O–H groups in total. The Hall–Kier alpha value is -3.90. The number of anilines is 2. The summed E-state index contributed by atoms with van der Waals surface area (Å²) in [6, 6.07) is 9.12. The molecule has 0 spiro atoms. The van der Waals surface area contributed by atoms with Crippen molar-refractivity contribution in [3.05, 3.63) is 53.8 Å². The number of ether oxygens (including phenoxy) is 2. The predicted octanol–water partition coefficient (Wildman–Crippen LogP) is 5.32. The summed E-state index contributed by atoms with van der Waals surface area (Å²) in [5.74, 6) is -0.607. The van der Waals surface area contributed by atoms with Gasteiger partial charge in [0.25, 0.3) is 5.91 Å². The van der Waals surface area contributed by atoms with Crippen LogP contribution < -0.4 is 20.7 Å². The number of amides is 5. The minimum Gasteiger partial charge on any atom is -0.490 e. The topological polar surface area (TPSA) is 132 Å². The van der Waals surface area contributed by atoms with E-state index in [4.69, 9.17) is 9.47 Å². The van der Waals surface area contributed by atoms with E-state index in [2.05, 4.69) is 16.0 Å². The van der Waals surface area contributed by atoms with Crippen molar-refractivity contribution in [2.24, 2.45) is 5.92 Å². The second kappa shape index (κ2) is 17.0. The molecule has 1 heterocycles. The zero-order valence-corrected chi connectivity index (χ0v) is 27.1. The number of halogens is 1. The van der Waals surface area contributed by atoms with E-state index in [1.165, 1.54) is 29.2 Å². The Bertz CT molecular complexity index is 1280. The molecule has 5 amide bonds. The molecule has 0 saturated carbocycles. The van der Waals surface area contributed by atoms with Crippen molar-refractivity contribution in [2.45, 2.75) is 78.2 Å². The van der Waals surface area contributed by atoms with Crippen LogP contribution in [0.3, 0.4) is 0 Å². The summed E-state index contributed by atoms with van der Waals surface area (Å²) in [5.41, 5.74) is 1.16. The minimum atomic E-state index is -0.542. The van der Waals surface area contributed by atoms with Crippen LogP contribution in [0.1, 0.15) is 64.2 Å². The molecule has 0 fully saturated rings. The number of hydrogen-bond acceptors (Lipinski definition) is 6. The Kier molecular flexibility index (Phi) is 13.4. The number of urea groups is 2. The van der Waals surface area contributed by atoms with Gasteiger partial charge in [0, 0.05) is 50.1 Å². The zero-order valence-electron chi connectivity index (χ0n) is 27.1. The van der Waals surface area contributed by atoms with Gasteiger partial charge in [-0.1, -0.05) is 6.92 Å². The second-order valence-corrected chi connectivity index (χ2v) is 12.1. The summed E-state index contributed by atoms with van der Waals surface area (Å²) in [6.45, 7) is 9.99. The van der Waals surface area contributed by atoms with Crippen molar-refractivity contribution in [2.75, 3.05) is 44.0 Å². The van der Waals surface area contributed by atoms with Gasteiger partial charge in [0.2, 0.25) is 0 Å². The lowest BCUT2D eigenvalue weighted by atomic mass is 10.0. The fourth-order valence-electron chi connectivity index (χ4n) is 5.00. The molecule has 1 aliphatic heterocycles. The monoisotopic (exact) mass is 629 g/mol. The molecule has 0 aliphatic carbocycles. The highest BCUT2D eigenvalue weighted by Gasteiger charge is 2.31. The van der Waals surface area contributed by atoms with E-state index >= 15 is 0 Å². The third-order valence-corrected chi connectivity index (χ3v) is 7.63. The number of fused-ring (bicyclic) bond motifs is 1. The molecule has 4 atom stereocenters. The van der Waals surface area contributed by atoms with Crippen LogP contribution in [-0.4, -0.2) is 90.5 Å². The summed E-state index contributed by atoms with van der Waals surface area (Å²) < 4.78 is 25.9. The number of aliphatic hydroxyl groups excluding tert-OH is 1. The van der Waals surface area contributed by atoms with Crippen LogP contribution in [-0.2, 0) is 4.74 Å². The highest BCUT2D eigenvalue weighted by molar-refractivity contribution is 5.99. The summed E-state index contributed by atoms with van der Waals surface area (Å²) in [6.07, 6.45) is 1.71. The van der Waals surface area contributed by atoms with E-state index in [0.717, 1.165) is 19.3 Å². The smallest absolute Gasteiger partial charge is 0.321 e. The number of carbonyl (C=O) groups is 3. The maximum Gasteiger partial charge on any atom is 0.321 e. The molecule has 2 aromatic carbocycles. The fraction of sp³-hybridized carbons (Fsp3) is 0.545. The normalized spacial score (nSPS) is 20.3. The quantitative estimate of drug-likeness (QED) is 0.328. The maximum atomic E-state index is 14.2. The number of nitrogens with zero attached hydrogens (tertiary/aromatic N) is 2. The molecule has 0 unspecified atom stereocenters. The number of carbonyl (C=O) groups excluding carboxylic acids is 3. The zero-order chi connectivity index (χ0) is 33.1. The maximum absolute atomic E-state index is 14.2. The molecular weight excluding hydrogens is 581 g/mol. The summed E-state index contributed by atoms with van der Waals surface area (Å²) in [4.78, 5) is 42.7. The Balaban J connectivity index is 1.88. The van der Waals surface area contributed by atoms with E-state index in [0.29, 0.717) is 23.7 Å². The number of nitrogens with one attached hydrogen (secondary N) is 3. The molecule has 45 heavy (non-hydrogen) atoms. The van der Waals surface area contributed by atoms with Crippen LogP contribution >= 0.6 is 0 Å². The van der Waals surface area contributed by atoms with E-state index in [1.54, 1.807) is 37.1 Å². The highest BCUT2D eigenvalue weighted by Crippen LogP contribution is 2.28. The number of benzene rings is 2. The van der Waals surface area contributed by atoms with Gasteiger partial charge >= 0.3 is 12.1 Å². The van der Waals surface area contributed by atoms with Crippen molar-refractivity contribution in [3.8, 4) is 5.75 Å².